The summed E-state index contributed by atoms with van der Waals surface area (Å²) in [5.41, 5.74) is 1.17. The Morgan fingerprint density at radius 3 is 2.68 bits per heavy atom. The number of anilines is 2. The van der Waals surface area contributed by atoms with Gasteiger partial charge in [0.05, 0.1) is 0 Å². The molecule has 3 amide bonds. The fourth-order valence-corrected chi connectivity index (χ4v) is 3.30. The SMILES string of the molecule is CNC(=O)c1nnsc1NC(=O)N1CCN(c2cccc(Cl)c2)CC1. The molecule has 1 aliphatic heterocycles. The molecule has 2 aromatic rings. The van der Waals surface area contributed by atoms with Crippen LogP contribution in [-0.4, -0.2) is 59.7 Å². The minimum Gasteiger partial charge on any atom is -0.368 e. The van der Waals surface area contributed by atoms with Crippen molar-refractivity contribution in [2.45, 2.75) is 0 Å². The number of carbonyl (C=O) groups excluding carboxylic acids is 2. The van der Waals surface area contributed by atoms with Crippen molar-refractivity contribution in [2.75, 3.05) is 43.4 Å². The summed E-state index contributed by atoms with van der Waals surface area (Å²) >= 11 is 7.01. The molecule has 8 nitrogen and oxygen atoms in total. The van der Waals surface area contributed by atoms with E-state index in [2.05, 4.69) is 25.1 Å². The molecule has 10 heteroatoms. The third-order valence-electron chi connectivity index (χ3n) is 3.89. The third kappa shape index (κ3) is 3.99. The van der Waals surface area contributed by atoms with Crippen molar-refractivity contribution < 1.29 is 9.59 Å². The van der Waals surface area contributed by atoms with Crippen LogP contribution >= 0.6 is 23.1 Å². The Labute approximate surface area is 153 Å². The highest BCUT2D eigenvalue weighted by Crippen LogP contribution is 2.22. The summed E-state index contributed by atoms with van der Waals surface area (Å²) in [5, 5.41) is 9.98. The Hall–Kier alpha value is -2.39. The van der Waals surface area contributed by atoms with Crippen LogP contribution in [0.25, 0.3) is 0 Å². The lowest BCUT2D eigenvalue weighted by molar-refractivity contribution is 0.0959. The topological polar surface area (TPSA) is 90.5 Å². The maximum atomic E-state index is 12.4. The highest BCUT2D eigenvalue weighted by molar-refractivity contribution is 7.10. The first-order valence-corrected chi connectivity index (χ1v) is 8.84. The number of amides is 3. The largest absolute Gasteiger partial charge is 0.368 e. The summed E-state index contributed by atoms with van der Waals surface area (Å²) in [4.78, 5) is 28.0. The molecule has 1 aliphatic rings. The van der Waals surface area contributed by atoms with Gasteiger partial charge in [-0.25, -0.2) is 4.79 Å². The van der Waals surface area contributed by atoms with Crippen LogP contribution in [0.2, 0.25) is 5.02 Å². The Bertz CT molecular complexity index is 775. The Balaban J connectivity index is 1.59. The van der Waals surface area contributed by atoms with E-state index in [1.54, 1.807) is 4.90 Å². The number of nitrogens with zero attached hydrogens (tertiary/aromatic N) is 4. The van der Waals surface area contributed by atoms with Crippen LogP contribution < -0.4 is 15.5 Å². The molecule has 0 bridgehead atoms. The Morgan fingerprint density at radius 2 is 2.00 bits per heavy atom. The van der Waals surface area contributed by atoms with Gasteiger partial charge in [-0.05, 0) is 18.2 Å². The summed E-state index contributed by atoms with van der Waals surface area (Å²) in [6.45, 7) is 2.55. The molecule has 132 valence electrons. The van der Waals surface area contributed by atoms with Gasteiger partial charge in [0.2, 0.25) is 0 Å². The predicted molar refractivity (Wildman–Crippen MR) is 97.6 cm³/mol. The quantitative estimate of drug-likeness (QED) is 0.848. The molecule has 0 radical (unpaired) electrons. The van der Waals surface area contributed by atoms with Crippen LogP contribution in [0.3, 0.4) is 0 Å². The van der Waals surface area contributed by atoms with E-state index in [-0.39, 0.29) is 17.6 Å². The van der Waals surface area contributed by atoms with Crippen molar-refractivity contribution in [3.63, 3.8) is 0 Å². The standard InChI is InChI=1S/C15H17ClN6O2S/c1-17-13(23)12-14(25-20-19-12)18-15(24)22-7-5-21(6-8-22)11-4-2-3-10(16)9-11/h2-4,9H,5-8H2,1H3,(H,17,23)(H,18,24). The average molecular weight is 381 g/mol. The van der Waals surface area contributed by atoms with Crippen LogP contribution in [-0.2, 0) is 0 Å². The van der Waals surface area contributed by atoms with Gasteiger partial charge in [-0.2, -0.15) is 0 Å². The van der Waals surface area contributed by atoms with Crippen LogP contribution in [0.1, 0.15) is 10.5 Å². The van der Waals surface area contributed by atoms with Crippen LogP contribution in [0.15, 0.2) is 24.3 Å². The third-order valence-corrected chi connectivity index (χ3v) is 4.77. The summed E-state index contributed by atoms with van der Waals surface area (Å²) in [6, 6.07) is 7.40. The first kappa shape index (κ1) is 17.4. The van der Waals surface area contributed by atoms with E-state index in [1.807, 2.05) is 24.3 Å². The van der Waals surface area contributed by atoms with E-state index in [1.165, 1.54) is 7.05 Å². The molecule has 0 aliphatic carbocycles. The van der Waals surface area contributed by atoms with E-state index in [4.69, 9.17) is 11.6 Å². The second-order valence-corrected chi connectivity index (χ2v) is 6.60. The van der Waals surface area contributed by atoms with Crippen molar-refractivity contribution in [3.8, 4) is 0 Å². The van der Waals surface area contributed by atoms with Gasteiger partial charge in [-0.3, -0.25) is 10.1 Å². The number of hydrogen-bond acceptors (Lipinski definition) is 6. The molecular weight excluding hydrogens is 364 g/mol. The van der Waals surface area contributed by atoms with Crippen LogP contribution in [0.4, 0.5) is 15.5 Å². The van der Waals surface area contributed by atoms with E-state index >= 15 is 0 Å². The molecule has 0 atom stereocenters. The summed E-state index contributed by atoms with van der Waals surface area (Å²) in [6.07, 6.45) is 0. The normalized spacial score (nSPS) is 14.3. The van der Waals surface area contributed by atoms with Gasteiger partial charge in [-0.1, -0.05) is 22.2 Å². The molecule has 0 unspecified atom stereocenters. The van der Waals surface area contributed by atoms with Crippen molar-refractivity contribution >= 4 is 45.8 Å². The van der Waals surface area contributed by atoms with Gasteiger partial charge in [-0.15, -0.1) is 5.10 Å². The molecule has 1 fully saturated rings. The minimum atomic E-state index is -0.380. The first-order valence-electron chi connectivity index (χ1n) is 7.69. The van der Waals surface area contributed by atoms with Crippen LogP contribution in [0, 0.1) is 0 Å². The fraction of sp³-hybridized carbons (Fsp3) is 0.333. The van der Waals surface area contributed by atoms with Gasteiger partial charge in [0.1, 0.15) is 0 Å². The van der Waals surface area contributed by atoms with Crippen LogP contribution in [0.5, 0.6) is 0 Å². The summed E-state index contributed by atoms with van der Waals surface area (Å²) < 4.78 is 3.73. The highest BCUT2D eigenvalue weighted by Gasteiger charge is 2.24. The lowest BCUT2D eigenvalue weighted by Crippen LogP contribution is -2.50. The number of halogens is 1. The minimum absolute atomic E-state index is 0.124. The van der Waals surface area contributed by atoms with E-state index in [0.717, 1.165) is 17.2 Å². The molecule has 1 saturated heterocycles. The average Bonchev–Trinajstić information content (AvgIpc) is 3.09. The number of carbonyl (C=O) groups is 2. The number of nitrogens with one attached hydrogen (secondary N) is 2. The number of hydrogen-bond donors (Lipinski definition) is 2. The van der Waals surface area contributed by atoms with Gasteiger partial charge in [0, 0.05) is 55.5 Å². The number of benzene rings is 1. The van der Waals surface area contributed by atoms with Gasteiger partial charge in [0.15, 0.2) is 10.7 Å². The maximum absolute atomic E-state index is 12.4. The number of rotatable bonds is 3. The first-order chi connectivity index (χ1) is 12.1. The number of urea groups is 1. The number of piperazine rings is 1. The van der Waals surface area contributed by atoms with Crippen molar-refractivity contribution in [3.05, 3.63) is 35.0 Å². The van der Waals surface area contributed by atoms with Crippen molar-refractivity contribution in [1.29, 1.82) is 0 Å². The second-order valence-electron chi connectivity index (χ2n) is 5.41. The zero-order chi connectivity index (χ0) is 17.8. The number of aromatic nitrogens is 2. The fourth-order valence-electron chi connectivity index (χ4n) is 2.56. The Morgan fingerprint density at radius 1 is 1.24 bits per heavy atom. The second kappa shape index (κ2) is 7.66. The molecule has 3 rings (SSSR count). The molecule has 2 N–H and O–H groups in total. The van der Waals surface area contributed by atoms with Gasteiger partial charge in [0.25, 0.3) is 5.91 Å². The van der Waals surface area contributed by atoms with Crippen molar-refractivity contribution in [2.24, 2.45) is 0 Å². The van der Waals surface area contributed by atoms with Crippen molar-refractivity contribution in [1.82, 2.24) is 19.8 Å². The maximum Gasteiger partial charge on any atom is 0.322 e. The lowest BCUT2D eigenvalue weighted by Gasteiger charge is -2.36. The van der Waals surface area contributed by atoms with Gasteiger partial charge < -0.3 is 15.1 Å². The highest BCUT2D eigenvalue weighted by atomic mass is 35.5. The summed E-state index contributed by atoms with van der Waals surface area (Å²) in [5.74, 6) is -0.380. The zero-order valence-electron chi connectivity index (χ0n) is 13.5. The summed E-state index contributed by atoms with van der Waals surface area (Å²) in [7, 11) is 1.50. The molecule has 0 spiro atoms. The lowest BCUT2D eigenvalue weighted by atomic mass is 10.2. The molecule has 25 heavy (non-hydrogen) atoms. The monoisotopic (exact) mass is 380 g/mol. The van der Waals surface area contributed by atoms with E-state index in [0.29, 0.717) is 36.2 Å². The Kier molecular flexibility index (Phi) is 5.34. The van der Waals surface area contributed by atoms with E-state index < -0.39 is 0 Å². The van der Waals surface area contributed by atoms with E-state index in [9.17, 15) is 9.59 Å². The molecule has 1 aromatic carbocycles. The molecule has 1 aromatic heterocycles. The zero-order valence-corrected chi connectivity index (χ0v) is 15.1. The molecule has 2 heterocycles. The molecular formula is C15H17ClN6O2S. The van der Waals surface area contributed by atoms with Gasteiger partial charge >= 0.3 is 6.03 Å². The predicted octanol–water partition coefficient (Wildman–Crippen LogP) is 1.91. The molecule has 0 saturated carbocycles. The smallest absolute Gasteiger partial charge is 0.322 e.